The molecule has 1 aromatic carbocycles. The summed E-state index contributed by atoms with van der Waals surface area (Å²) in [6.45, 7) is 5.97. The quantitative estimate of drug-likeness (QED) is 0.572. The fraction of sp³-hybridized carbons (Fsp3) is 0.400. The molecule has 0 spiro atoms. The number of nitrogens with zero attached hydrogens (tertiary/aromatic N) is 4. The number of aryl methyl sites for hydroxylation is 3. The van der Waals surface area contributed by atoms with E-state index in [0.29, 0.717) is 36.8 Å². The van der Waals surface area contributed by atoms with Crippen LogP contribution in [-0.2, 0) is 18.3 Å². The number of carbonyl (C=O) groups excluding carboxylic acids is 1. The van der Waals surface area contributed by atoms with Crippen molar-refractivity contribution in [3.63, 3.8) is 0 Å². The number of rotatable bonds is 7. The van der Waals surface area contributed by atoms with Gasteiger partial charge in [-0.1, -0.05) is 47.1 Å². The molecule has 2 heterocycles. The summed E-state index contributed by atoms with van der Waals surface area (Å²) < 4.78 is 7.93. The van der Waals surface area contributed by atoms with Gasteiger partial charge in [0.05, 0.1) is 5.69 Å². The summed E-state index contributed by atoms with van der Waals surface area (Å²) >= 11 is 3.45. The molecule has 0 unspecified atom stereocenters. The molecule has 7 nitrogen and oxygen atoms in total. The van der Waals surface area contributed by atoms with Crippen LogP contribution in [0.4, 0.5) is 5.82 Å². The third kappa shape index (κ3) is 4.67. The van der Waals surface area contributed by atoms with E-state index in [9.17, 15) is 4.79 Å². The van der Waals surface area contributed by atoms with Gasteiger partial charge in [-0.05, 0) is 31.0 Å². The van der Waals surface area contributed by atoms with Crippen LogP contribution in [0.2, 0.25) is 0 Å². The zero-order valence-electron chi connectivity index (χ0n) is 16.5. The van der Waals surface area contributed by atoms with Gasteiger partial charge < -0.3 is 9.84 Å². The second-order valence-electron chi connectivity index (χ2n) is 7.04. The van der Waals surface area contributed by atoms with E-state index in [-0.39, 0.29) is 11.8 Å². The van der Waals surface area contributed by atoms with Gasteiger partial charge >= 0.3 is 0 Å². The molecule has 1 amide bonds. The van der Waals surface area contributed by atoms with Crippen molar-refractivity contribution >= 4 is 27.7 Å². The van der Waals surface area contributed by atoms with Gasteiger partial charge in [0, 0.05) is 35.8 Å². The average molecular weight is 446 g/mol. The number of hydrogen-bond acceptors (Lipinski definition) is 5. The molecule has 0 aliphatic carbocycles. The van der Waals surface area contributed by atoms with Crippen molar-refractivity contribution in [2.24, 2.45) is 7.05 Å². The smallest absolute Gasteiger partial charge is 0.226 e. The predicted molar refractivity (Wildman–Crippen MR) is 111 cm³/mol. The number of nitrogens with one attached hydrogen (secondary N) is 1. The van der Waals surface area contributed by atoms with E-state index in [4.69, 9.17) is 4.52 Å². The summed E-state index contributed by atoms with van der Waals surface area (Å²) in [6.07, 6.45) is 1.58. The van der Waals surface area contributed by atoms with Crippen molar-refractivity contribution in [2.75, 3.05) is 5.32 Å². The Balaban J connectivity index is 1.64. The van der Waals surface area contributed by atoms with Gasteiger partial charge in [0.15, 0.2) is 5.82 Å². The molecule has 2 aromatic heterocycles. The molecule has 0 saturated heterocycles. The van der Waals surface area contributed by atoms with Crippen molar-refractivity contribution in [2.45, 2.75) is 46.0 Å². The largest absolute Gasteiger partial charge is 0.339 e. The first-order chi connectivity index (χ1) is 13.3. The van der Waals surface area contributed by atoms with Crippen LogP contribution in [0.5, 0.6) is 0 Å². The number of benzene rings is 1. The number of carbonyl (C=O) groups is 1. The lowest BCUT2D eigenvalue weighted by Crippen LogP contribution is -2.15. The van der Waals surface area contributed by atoms with Gasteiger partial charge in [-0.15, -0.1) is 0 Å². The highest BCUT2D eigenvalue weighted by atomic mass is 79.9. The van der Waals surface area contributed by atoms with Crippen LogP contribution < -0.4 is 5.32 Å². The van der Waals surface area contributed by atoms with Gasteiger partial charge in [0.2, 0.25) is 11.8 Å². The molecular weight excluding hydrogens is 422 g/mol. The van der Waals surface area contributed by atoms with Crippen LogP contribution in [0.15, 0.2) is 33.3 Å². The Morgan fingerprint density at radius 3 is 2.64 bits per heavy atom. The summed E-state index contributed by atoms with van der Waals surface area (Å²) in [5.74, 6) is 2.13. The maximum atomic E-state index is 12.5. The normalized spacial score (nSPS) is 11.2. The van der Waals surface area contributed by atoms with E-state index in [1.165, 1.54) is 0 Å². The van der Waals surface area contributed by atoms with E-state index in [1.807, 2.05) is 52.1 Å². The minimum atomic E-state index is -0.0649. The molecule has 8 heteroatoms. The number of hydrogen-bond donors (Lipinski definition) is 1. The molecule has 0 atom stereocenters. The molecule has 28 heavy (non-hydrogen) atoms. The van der Waals surface area contributed by atoms with Gasteiger partial charge in [-0.2, -0.15) is 10.1 Å². The minimum absolute atomic E-state index is 0.0649. The van der Waals surface area contributed by atoms with E-state index in [2.05, 4.69) is 36.5 Å². The Morgan fingerprint density at radius 2 is 2.00 bits per heavy atom. The van der Waals surface area contributed by atoms with Crippen molar-refractivity contribution in [1.29, 1.82) is 0 Å². The lowest BCUT2D eigenvalue weighted by molar-refractivity contribution is -0.116. The standard InChI is InChI=1S/C20H24BrN5O2/c1-12(2)19-23-17(28-25-19)7-5-6-16(27)22-20-18(13(3)24-26(20)4)14-8-10-15(21)11-9-14/h8-12H,5-7H2,1-4H3,(H,22,27). The van der Waals surface area contributed by atoms with E-state index in [0.717, 1.165) is 21.3 Å². The van der Waals surface area contributed by atoms with Gasteiger partial charge in [0.25, 0.3) is 0 Å². The monoisotopic (exact) mass is 445 g/mol. The highest BCUT2D eigenvalue weighted by molar-refractivity contribution is 9.10. The highest BCUT2D eigenvalue weighted by Gasteiger charge is 2.17. The molecule has 0 aliphatic rings. The summed E-state index contributed by atoms with van der Waals surface area (Å²) in [7, 11) is 1.83. The Bertz CT molecular complexity index is 960. The lowest BCUT2D eigenvalue weighted by Gasteiger charge is -2.09. The Hall–Kier alpha value is -2.48. The number of amides is 1. The average Bonchev–Trinajstić information content (AvgIpc) is 3.21. The second kappa shape index (κ2) is 8.68. The maximum absolute atomic E-state index is 12.5. The van der Waals surface area contributed by atoms with Crippen LogP contribution in [0.3, 0.4) is 0 Å². The predicted octanol–water partition coefficient (Wildman–Crippen LogP) is 4.63. The van der Waals surface area contributed by atoms with Gasteiger partial charge in [-0.3, -0.25) is 9.48 Å². The van der Waals surface area contributed by atoms with E-state index < -0.39 is 0 Å². The van der Waals surface area contributed by atoms with Crippen molar-refractivity contribution in [3.05, 3.63) is 46.1 Å². The summed E-state index contributed by atoms with van der Waals surface area (Å²) in [5.41, 5.74) is 2.81. The molecule has 0 radical (unpaired) electrons. The van der Waals surface area contributed by atoms with Gasteiger partial charge in [-0.25, -0.2) is 0 Å². The van der Waals surface area contributed by atoms with Crippen molar-refractivity contribution in [1.82, 2.24) is 19.9 Å². The Kier molecular flexibility index (Phi) is 6.28. The lowest BCUT2D eigenvalue weighted by atomic mass is 10.1. The fourth-order valence-corrected chi connectivity index (χ4v) is 3.23. The first-order valence-corrected chi connectivity index (χ1v) is 10.1. The first kappa shape index (κ1) is 20.3. The van der Waals surface area contributed by atoms with Crippen LogP contribution in [-0.4, -0.2) is 25.8 Å². The van der Waals surface area contributed by atoms with Gasteiger partial charge in [0.1, 0.15) is 5.82 Å². The third-order valence-electron chi connectivity index (χ3n) is 4.41. The van der Waals surface area contributed by atoms with Crippen LogP contribution in [0, 0.1) is 6.92 Å². The zero-order chi connectivity index (χ0) is 20.3. The van der Waals surface area contributed by atoms with Crippen LogP contribution >= 0.6 is 15.9 Å². The topological polar surface area (TPSA) is 85.8 Å². The Morgan fingerprint density at radius 1 is 1.29 bits per heavy atom. The maximum Gasteiger partial charge on any atom is 0.226 e. The SMILES string of the molecule is Cc1nn(C)c(NC(=O)CCCc2nc(C(C)C)no2)c1-c1ccc(Br)cc1. The van der Waals surface area contributed by atoms with Crippen LogP contribution in [0.1, 0.15) is 50.0 Å². The summed E-state index contributed by atoms with van der Waals surface area (Å²) in [5, 5.41) is 11.4. The molecule has 0 aliphatic heterocycles. The van der Waals surface area contributed by atoms with E-state index in [1.54, 1.807) is 4.68 Å². The molecule has 3 rings (SSSR count). The number of aromatic nitrogens is 4. The molecule has 0 bridgehead atoms. The molecule has 0 fully saturated rings. The highest BCUT2D eigenvalue weighted by Crippen LogP contribution is 2.32. The first-order valence-electron chi connectivity index (χ1n) is 9.27. The molecule has 0 saturated carbocycles. The third-order valence-corrected chi connectivity index (χ3v) is 4.94. The second-order valence-corrected chi connectivity index (χ2v) is 7.96. The number of anilines is 1. The number of halogens is 1. The zero-order valence-corrected chi connectivity index (χ0v) is 18.1. The Labute approximate surface area is 172 Å². The van der Waals surface area contributed by atoms with Crippen molar-refractivity contribution in [3.8, 4) is 11.1 Å². The van der Waals surface area contributed by atoms with Crippen LogP contribution in [0.25, 0.3) is 11.1 Å². The summed E-state index contributed by atoms with van der Waals surface area (Å²) in [4.78, 5) is 16.8. The molecular formula is C20H24BrN5O2. The van der Waals surface area contributed by atoms with E-state index >= 15 is 0 Å². The summed E-state index contributed by atoms with van der Waals surface area (Å²) in [6, 6.07) is 7.96. The fourth-order valence-electron chi connectivity index (χ4n) is 2.96. The molecule has 1 N–H and O–H groups in total. The molecule has 148 valence electrons. The minimum Gasteiger partial charge on any atom is -0.339 e. The molecule has 3 aromatic rings. The van der Waals surface area contributed by atoms with Crippen molar-refractivity contribution < 1.29 is 9.32 Å².